The second-order valence-corrected chi connectivity index (χ2v) is 7.66. The number of nitrogens with one attached hydrogen (secondary N) is 1. The van der Waals surface area contributed by atoms with Gasteiger partial charge in [0.05, 0.1) is 12.7 Å². The van der Waals surface area contributed by atoms with E-state index < -0.39 is 9.84 Å². The predicted molar refractivity (Wildman–Crippen MR) is 72.3 cm³/mol. The first kappa shape index (κ1) is 15.2. The van der Waals surface area contributed by atoms with Gasteiger partial charge in [-0.3, -0.25) is 4.68 Å². The van der Waals surface area contributed by atoms with Gasteiger partial charge in [0.2, 0.25) is 0 Å². The molecule has 1 aromatic rings. The molecule has 5 nitrogen and oxygen atoms in total. The number of hydrogen-bond acceptors (Lipinski definition) is 4. The molecule has 0 amide bonds. The molecular formula is C12H23N3O2S. The van der Waals surface area contributed by atoms with Crippen LogP contribution >= 0.6 is 0 Å². The zero-order chi connectivity index (χ0) is 14.0. The fourth-order valence-electron chi connectivity index (χ4n) is 1.71. The molecule has 0 aliphatic rings. The van der Waals surface area contributed by atoms with Crippen molar-refractivity contribution in [1.29, 1.82) is 0 Å². The van der Waals surface area contributed by atoms with Gasteiger partial charge >= 0.3 is 0 Å². The van der Waals surface area contributed by atoms with Gasteiger partial charge in [-0.15, -0.1) is 0 Å². The van der Waals surface area contributed by atoms with E-state index in [1.54, 1.807) is 10.9 Å². The SMILES string of the molecule is CCNC(Cn1cc(S(C)(=O)=O)cn1)C(C)(C)C. The highest BCUT2D eigenvalue weighted by Crippen LogP contribution is 2.20. The molecule has 1 aromatic heterocycles. The minimum atomic E-state index is -3.17. The van der Waals surface area contributed by atoms with Crippen LogP contribution in [-0.4, -0.2) is 37.0 Å². The van der Waals surface area contributed by atoms with E-state index in [4.69, 9.17) is 0 Å². The average Bonchev–Trinajstić information content (AvgIpc) is 2.63. The molecule has 1 heterocycles. The van der Waals surface area contributed by atoms with Gasteiger partial charge in [-0.05, 0) is 12.0 Å². The molecule has 18 heavy (non-hydrogen) atoms. The maximum Gasteiger partial charge on any atom is 0.178 e. The van der Waals surface area contributed by atoms with Gasteiger partial charge in [-0.25, -0.2) is 8.42 Å². The van der Waals surface area contributed by atoms with Crippen LogP contribution in [0.1, 0.15) is 27.7 Å². The summed E-state index contributed by atoms with van der Waals surface area (Å²) in [7, 11) is -3.17. The highest BCUT2D eigenvalue weighted by molar-refractivity contribution is 7.90. The molecule has 0 aliphatic heterocycles. The third-order valence-corrected chi connectivity index (χ3v) is 3.97. The van der Waals surface area contributed by atoms with Crippen molar-refractivity contribution in [3.05, 3.63) is 12.4 Å². The molecule has 0 radical (unpaired) electrons. The van der Waals surface area contributed by atoms with Gasteiger partial charge in [-0.1, -0.05) is 27.7 Å². The predicted octanol–water partition coefficient (Wildman–Crippen LogP) is 1.31. The second-order valence-electron chi connectivity index (χ2n) is 5.65. The Labute approximate surface area is 109 Å². The molecule has 0 spiro atoms. The molecule has 0 fully saturated rings. The van der Waals surface area contributed by atoms with Gasteiger partial charge in [0.25, 0.3) is 0 Å². The summed E-state index contributed by atoms with van der Waals surface area (Å²) in [6.07, 6.45) is 4.19. The lowest BCUT2D eigenvalue weighted by molar-refractivity contribution is 0.238. The first-order valence-corrected chi connectivity index (χ1v) is 7.99. The normalized spacial score (nSPS) is 14.7. The molecule has 0 aromatic carbocycles. The lowest BCUT2D eigenvalue weighted by Gasteiger charge is -2.31. The summed E-state index contributed by atoms with van der Waals surface area (Å²) in [6.45, 7) is 10.1. The Bertz CT molecular complexity index is 486. The molecule has 1 atom stereocenters. The molecule has 104 valence electrons. The number of sulfone groups is 1. The molecule has 1 N–H and O–H groups in total. The molecule has 0 saturated carbocycles. The standard InChI is InChI=1S/C12H23N3O2S/c1-6-13-11(12(2,3)4)9-15-8-10(7-14-15)18(5,16)17/h7-8,11,13H,6,9H2,1-5H3. The summed E-state index contributed by atoms with van der Waals surface area (Å²) < 4.78 is 24.5. The van der Waals surface area contributed by atoms with E-state index in [9.17, 15) is 8.42 Å². The zero-order valence-corrected chi connectivity index (χ0v) is 12.6. The Kier molecular flexibility index (Phi) is 4.55. The summed E-state index contributed by atoms with van der Waals surface area (Å²) in [5, 5.41) is 7.52. The van der Waals surface area contributed by atoms with Crippen LogP contribution in [0.2, 0.25) is 0 Å². The van der Waals surface area contributed by atoms with Crippen LogP contribution in [0.15, 0.2) is 17.3 Å². The van der Waals surface area contributed by atoms with Crippen LogP contribution in [0.3, 0.4) is 0 Å². The van der Waals surface area contributed by atoms with Crippen molar-refractivity contribution in [1.82, 2.24) is 15.1 Å². The van der Waals surface area contributed by atoms with E-state index in [2.05, 4.69) is 38.1 Å². The summed E-state index contributed by atoms with van der Waals surface area (Å²) in [4.78, 5) is 0.270. The Morgan fingerprint density at radius 3 is 2.44 bits per heavy atom. The molecule has 1 rings (SSSR count). The number of rotatable bonds is 5. The third kappa shape index (κ3) is 4.10. The average molecular weight is 273 g/mol. The summed E-state index contributed by atoms with van der Waals surface area (Å²) in [5.41, 5.74) is 0.0905. The maximum absolute atomic E-state index is 11.4. The van der Waals surface area contributed by atoms with Crippen molar-refractivity contribution in [2.24, 2.45) is 5.41 Å². The minimum Gasteiger partial charge on any atom is -0.312 e. The van der Waals surface area contributed by atoms with E-state index in [0.29, 0.717) is 6.54 Å². The monoisotopic (exact) mass is 273 g/mol. The molecule has 6 heteroatoms. The first-order valence-electron chi connectivity index (χ1n) is 6.10. The number of nitrogens with zero attached hydrogens (tertiary/aromatic N) is 2. The maximum atomic E-state index is 11.4. The van der Waals surface area contributed by atoms with Crippen molar-refractivity contribution in [2.45, 2.75) is 45.2 Å². The third-order valence-electron chi connectivity index (χ3n) is 2.90. The smallest absolute Gasteiger partial charge is 0.178 e. The summed E-state index contributed by atoms with van der Waals surface area (Å²) in [6, 6.07) is 0.245. The topological polar surface area (TPSA) is 64.0 Å². The van der Waals surface area contributed by atoms with Gasteiger partial charge in [0, 0.05) is 18.5 Å². The quantitative estimate of drug-likeness (QED) is 0.878. The fourth-order valence-corrected chi connectivity index (χ4v) is 2.27. The van der Waals surface area contributed by atoms with Crippen molar-refractivity contribution in [3.8, 4) is 0 Å². The van der Waals surface area contributed by atoms with Crippen molar-refractivity contribution in [2.75, 3.05) is 12.8 Å². The number of hydrogen-bond donors (Lipinski definition) is 1. The van der Waals surface area contributed by atoms with E-state index in [0.717, 1.165) is 6.54 Å². The van der Waals surface area contributed by atoms with Gasteiger partial charge < -0.3 is 5.32 Å². The Hall–Kier alpha value is -0.880. The molecular weight excluding hydrogens is 250 g/mol. The molecule has 0 saturated heterocycles. The van der Waals surface area contributed by atoms with Gasteiger partial charge in [0.15, 0.2) is 9.84 Å². The van der Waals surface area contributed by atoms with Crippen molar-refractivity contribution in [3.63, 3.8) is 0 Å². The van der Waals surface area contributed by atoms with Crippen molar-refractivity contribution >= 4 is 9.84 Å². The van der Waals surface area contributed by atoms with Crippen LogP contribution in [0.25, 0.3) is 0 Å². The highest BCUT2D eigenvalue weighted by Gasteiger charge is 2.24. The summed E-state index contributed by atoms with van der Waals surface area (Å²) in [5.74, 6) is 0. The second kappa shape index (κ2) is 5.40. The Morgan fingerprint density at radius 1 is 1.44 bits per heavy atom. The van der Waals surface area contributed by atoms with Crippen molar-refractivity contribution < 1.29 is 8.42 Å². The van der Waals surface area contributed by atoms with Gasteiger partial charge in [-0.2, -0.15) is 5.10 Å². The summed E-state index contributed by atoms with van der Waals surface area (Å²) >= 11 is 0. The van der Waals surface area contributed by atoms with E-state index in [1.165, 1.54) is 12.5 Å². The molecule has 0 bridgehead atoms. The van der Waals surface area contributed by atoms with E-state index in [-0.39, 0.29) is 16.4 Å². The van der Waals surface area contributed by atoms with E-state index >= 15 is 0 Å². The minimum absolute atomic E-state index is 0.0905. The Morgan fingerprint density at radius 2 is 2.06 bits per heavy atom. The zero-order valence-electron chi connectivity index (χ0n) is 11.8. The van der Waals surface area contributed by atoms with Crippen LogP contribution in [-0.2, 0) is 16.4 Å². The lowest BCUT2D eigenvalue weighted by atomic mass is 9.86. The van der Waals surface area contributed by atoms with Gasteiger partial charge in [0.1, 0.15) is 4.90 Å². The molecule has 0 aliphatic carbocycles. The van der Waals surface area contributed by atoms with Crippen LogP contribution in [0, 0.1) is 5.41 Å². The molecule has 1 unspecified atom stereocenters. The number of likely N-dealkylation sites (N-methyl/N-ethyl adjacent to an activating group) is 1. The van der Waals surface area contributed by atoms with Crippen LogP contribution in [0.4, 0.5) is 0 Å². The highest BCUT2D eigenvalue weighted by atomic mass is 32.2. The van der Waals surface area contributed by atoms with Crippen LogP contribution < -0.4 is 5.32 Å². The largest absolute Gasteiger partial charge is 0.312 e. The van der Waals surface area contributed by atoms with Crippen LogP contribution in [0.5, 0.6) is 0 Å². The lowest BCUT2D eigenvalue weighted by Crippen LogP contribution is -2.43. The number of aromatic nitrogens is 2. The first-order chi connectivity index (χ1) is 8.14. The fraction of sp³-hybridized carbons (Fsp3) is 0.750. The Balaban J connectivity index is 2.86. The van der Waals surface area contributed by atoms with E-state index in [1.807, 2.05) is 0 Å².